The Morgan fingerprint density at radius 3 is 2.75 bits per heavy atom. The second-order valence-corrected chi connectivity index (χ2v) is 4.65. The number of allylic oxidation sites excluding steroid dienone is 2. The maximum Gasteiger partial charge on any atom is 0.304 e. The molecule has 2 atom stereocenters. The van der Waals surface area contributed by atoms with Gasteiger partial charge in [-0.1, -0.05) is 22.0 Å². The number of aliphatic imine (C=N–C) groups is 2. The van der Waals surface area contributed by atoms with Gasteiger partial charge in [-0.15, -0.1) is 0 Å². The third-order valence-electron chi connectivity index (χ3n) is 2.43. The molecule has 2 unspecified atom stereocenters. The van der Waals surface area contributed by atoms with Crippen molar-refractivity contribution >= 4 is 28.2 Å². The number of alkyl halides is 2. The number of nitrogens with zero attached hydrogens (tertiary/aromatic N) is 2. The SMILES string of the molecule is CC(F)(F)C1=CC(Br)=CC2C=NC(F)=NC12. The normalized spacial score (nSPS) is 29.2. The summed E-state index contributed by atoms with van der Waals surface area (Å²) in [7, 11) is 0. The molecule has 0 amide bonds. The van der Waals surface area contributed by atoms with Crippen molar-refractivity contribution in [2.24, 2.45) is 15.9 Å². The van der Waals surface area contributed by atoms with Crippen LogP contribution in [-0.4, -0.2) is 24.3 Å². The highest BCUT2D eigenvalue weighted by molar-refractivity contribution is 9.11. The van der Waals surface area contributed by atoms with Crippen molar-refractivity contribution in [1.29, 1.82) is 0 Å². The lowest BCUT2D eigenvalue weighted by molar-refractivity contribution is 0.0557. The fourth-order valence-electron chi connectivity index (χ4n) is 1.73. The van der Waals surface area contributed by atoms with Gasteiger partial charge in [0.1, 0.15) is 0 Å². The molecule has 1 heterocycles. The van der Waals surface area contributed by atoms with Crippen LogP contribution in [0.3, 0.4) is 0 Å². The van der Waals surface area contributed by atoms with Crippen LogP contribution in [0.25, 0.3) is 0 Å². The predicted molar refractivity (Wildman–Crippen MR) is 60.0 cm³/mol. The summed E-state index contributed by atoms with van der Waals surface area (Å²) in [6.45, 7) is 0.778. The molecule has 1 aliphatic carbocycles. The highest BCUT2D eigenvalue weighted by atomic mass is 79.9. The lowest BCUT2D eigenvalue weighted by Gasteiger charge is -2.29. The van der Waals surface area contributed by atoms with E-state index in [1.807, 2.05) is 0 Å². The molecule has 0 aromatic heterocycles. The zero-order chi connectivity index (χ0) is 11.9. The van der Waals surface area contributed by atoms with Gasteiger partial charge in [-0.25, -0.2) is 18.8 Å². The fraction of sp³-hybridized carbons (Fsp3) is 0.400. The topological polar surface area (TPSA) is 24.7 Å². The largest absolute Gasteiger partial charge is 0.304 e. The quantitative estimate of drug-likeness (QED) is 0.663. The summed E-state index contributed by atoms with van der Waals surface area (Å²) in [4.78, 5) is 6.91. The predicted octanol–water partition coefficient (Wildman–Crippen LogP) is 3.26. The standard InChI is InChI=1S/C10H8BrF3N2/c1-10(13,14)7-3-6(11)2-5-4-15-9(12)16-8(5)7/h2-5,8H,1H3. The van der Waals surface area contributed by atoms with Gasteiger partial charge in [0.15, 0.2) is 0 Å². The third-order valence-corrected chi connectivity index (χ3v) is 2.93. The van der Waals surface area contributed by atoms with Crippen molar-refractivity contribution in [1.82, 2.24) is 0 Å². The summed E-state index contributed by atoms with van der Waals surface area (Å²) in [5, 5.41) is 0. The molecule has 0 bridgehead atoms. The minimum absolute atomic E-state index is 0.201. The number of hydrogen-bond acceptors (Lipinski definition) is 2. The van der Waals surface area contributed by atoms with Crippen molar-refractivity contribution in [3.8, 4) is 0 Å². The van der Waals surface area contributed by atoms with E-state index in [0.29, 0.717) is 4.48 Å². The number of amidine groups is 1. The van der Waals surface area contributed by atoms with Gasteiger partial charge in [-0.05, 0) is 6.08 Å². The Morgan fingerprint density at radius 2 is 2.12 bits per heavy atom. The smallest absolute Gasteiger partial charge is 0.231 e. The van der Waals surface area contributed by atoms with Crippen molar-refractivity contribution < 1.29 is 13.2 Å². The second kappa shape index (κ2) is 3.84. The van der Waals surface area contributed by atoms with Gasteiger partial charge in [0, 0.05) is 29.1 Å². The summed E-state index contributed by atoms with van der Waals surface area (Å²) in [6.07, 6.45) is 3.31. The minimum atomic E-state index is -3.02. The van der Waals surface area contributed by atoms with Gasteiger partial charge in [0.05, 0.1) is 6.04 Å². The Bertz CT molecular complexity index is 432. The van der Waals surface area contributed by atoms with Crippen molar-refractivity contribution in [2.75, 3.05) is 0 Å². The maximum atomic E-state index is 13.3. The molecule has 2 rings (SSSR count). The molecular formula is C10H8BrF3N2. The van der Waals surface area contributed by atoms with E-state index in [1.54, 1.807) is 6.08 Å². The van der Waals surface area contributed by atoms with E-state index >= 15 is 0 Å². The number of hydrogen-bond donors (Lipinski definition) is 0. The first-order valence-electron chi connectivity index (χ1n) is 4.62. The Morgan fingerprint density at radius 1 is 1.44 bits per heavy atom. The first-order valence-corrected chi connectivity index (χ1v) is 5.42. The van der Waals surface area contributed by atoms with Crippen molar-refractivity contribution in [2.45, 2.75) is 18.9 Å². The van der Waals surface area contributed by atoms with Crippen LogP contribution < -0.4 is 0 Å². The highest BCUT2D eigenvalue weighted by Crippen LogP contribution is 2.38. The van der Waals surface area contributed by atoms with Gasteiger partial charge >= 0.3 is 6.09 Å². The van der Waals surface area contributed by atoms with E-state index in [-0.39, 0.29) is 5.57 Å². The molecule has 0 saturated heterocycles. The van der Waals surface area contributed by atoms with Gasteiger partial charge in [-0.3, -0.25) is 0 Å². The molecular weight excluding hydrogens is 285 g/mol. The Hall–Kier alpha value is -0.910. The van der Waals surface area contributed by atoms with E-state index in [1.165, 1.54) is 12.3 Å². The molecule has 1 aliphatic heterocycles. The molecule has 0 fully saturated rings. The summed E-state index contributed by atoms with van der Waals surface area (Å²) in [5.74, 6) is -3.44. The molecule has 0 N–H and O–H groups in total. The highest BCUT2D eigenvalue weighted by Gasteiger charge is 2.40. The van der Waals surface area contributed by atoms with Crippen LogP contribution >= 0.6 is 15.9 Å². The molecule has 86 valence electrons. The zero-order valence-electron chi connectivity index (χ0n) is 8.29. The molecule has 2 nitrogen and oxygen atoms in total. The number of rotatable bonds is 1. The van der Waals surface area contributed by atoms with Crippen LogP contribution in [0.5, 0.6) is 0 Å². The second-order valence-electron chi connectivity index (χ2n) is 3.74. The molecule has 0 radical (unpaired) electrons. The molecule has 2 aliphatic rings. The summed E-state index contributed by atoms with van der Waals surface area (Å²) in [6, 6.07) is -0.890. The monoisotopic (exact) mass is 292 g/mol. The minimum Gasteiger partial charge on any atom is -0.231 e. The van der Waals surface area contributed by atoms with Gasteiger partial charge in [0.2, 0.25) is 0 Å². The summed E-state index contributed by atoms with van der Waals surface area (Å²) >= 11 is 3.15. The molecule has 6 heteroatoms. The van der Waals surface area contributed by atoms with Crippen molar-refractivity contribution in [3.05, 3.63) is 22.2 Å². The van der Waals surface area contributed by atoms with Crippen LogP contribution in [0.15, 0.2) is 32.2 Å². The lowest BCUT2D eigenvalue weighted by atomic mass is 9.86. The van der Waals surface area contributed by atoms with Crippen LogP contribution in [0.2, 0.25) is 0 Å². The van der Waals surface area contributed by atoms with Gasteiger partial charge < -0.3 is 0 Å². The van der Waals surface area contributed by atoms with Gasteiger partial charge in [-0.2, -0.15) is 4.39 Å². The van der Waals surface area contributed by atoms with E-state index in [9.17, 15) is 13.2 Å². The van der Waals surface area contributed by atoms with E-state index in [4.69, 9.17) is 0 Å². The van der Waals surface area contributed by atoms with E-state index in [2.05, 4.69) is 25.9 Å². The Balaban J connectivity index is 2.44. The Labute approximate surface area is 98.8 Å². The average Bonchev–Trinajstić information content (AvgIpc) is 2.16. The van der Waals surface area contributed by atoms with Crippen LogP contribution in [0.4, 0.5) is 13.2 Å². The van der Waals surface area contributed by atoms with Gasteiger partial charge in [0.25, 0.3) is 5.92 Å². The molecule has 16 heavy (non-hydrogen) atoms. The number of fused-ring (bicyclic) bond motifs is 1. The molecule has 0 aromatic rings. The summed E-state index contributed by atoms with van der Waals surface area (Å²) in [5.41, 5.74) is -0.201. The Kier molecular flexibility index (Phi) is 2.77. The molecule has 0 saturated carbocycles. The van der Waals surface area contributed by atoms with E-state index in [0.717, 1.165) is 6.92 Å². The summed E-state index contributed by atoms with van der Waals surface area (Å²) < 4.78 is 40.1. The molecule has 0 aromatic carbocycles. The third kappa shape index (κ3) is 2.11. The van der Waals surface area contributed by atoms with Crippen LogP contribution in [0.1, 0.15) is 6.92 Å². The first-order chi connectivity index (χ1) is 7.38. The van der Waals surface area contributed by atoms with E-state index < -0.39 is 24.0 Å². The maximum absolute atomic E-state index is 13.3. The van der Waals surface area contributed by atoms with Crippen LogP contribution in [0, 0.1) is 5.92 Å². The zero-order valence-corrected chi connectivity index (χ0v) is 9.88. The van der Waals surface area contributed by atoms with Crippen molar-refractivity contribution in [3.63, 3.8) is 0 Å². The lowest BCUT2D eigenvalue weighted by Crippen LogP contribution is -2.34. The first kappa shape index (κ1) is 11.6. The molecule has 0 spiro atoms. The van der Waals surface area contributed by atoms with Crippen LogP contribution in [-0.2, 0) is 0 Å². The number of halogens is 4. The average molecular weight is 293 g/mol. The fourth-order valence-corrected chi connectivity index (χ4v) is 2.28.